The van der Waals surface area contributed by atoms with Crippen LogP contribution in [0, 0.1) is 0 Å². The van der Waals surface area contributed by atoms with Crippen LogP contribution in [-0.4, -0.2) is 35.2 Å². The summed E-state index contributed by atoms with van der Waals surface area (Å²) in [5, 5.41) is 10.3. The van der Waals surface area contributed by atoms with Gasteiger partial charge in [-0.2, -0.15) is 0 Å². The molecule has 0 aromatic heterocycles. The van der Waals surface area contributed by atoms with E-state index < -0.39 is 0 Å². The Morgan fingerprint density at radius 1 is 0.941 bits per heavy atom. The Labute approximate surface area is 103 Å². The number of aliphatic hydroxyl groups is 1. The molecule has 1 heterocycles. The molecule has 2 heteroatoms. The van der Waals surface area contributed by atoms with Gasteiger partial charge in [0.2, 0.25) is 0 Å². The first kappa shape index (κ1) is 11.2. The van der Waals surface area contributed by atoms with E-state index in [2.05, 4.69) is 29.2 Å². The molecule has 1 fully saturated rings. The first-order chi connectivity index (χ1) is 8.34. The molecule has 0 unspecified atom stereocenters. The summed E-state index contributed by atoms with van der Waals surface area (Å²) in [6.45, 7) is 2.34. The predicted octanol–water partition coefficient (Wildman–Crippen LogP) is 2.00. The van der Waals surface area contributed by atoms with Crippen molar-refractivity contribution in [3.8, 4) is 0 Å². The number of benzene rings is 1. The molecule has 92 valence electrons. The molecule has 2 nitrogen and oxygen atoms in total. The maximum Gasteiger partial charge on any atom is 0.0738 e. The SMILES string of the molecule is O[C@H]1Cc2ccccc2C[C@@H]1N1CCCCC1. The highest BCUT2D eigenvalue weighted by Gasteiger charge is 2.31. The lowest BCUT2D eigenvalue weighted by Crippen LogP contribution is -2.50. The van der Waals surface area contributed by atoms with Crippen LogP contribution in [0.2, 0.25) is 0 Å². The fraction of sp³-hybridized carbons (Fsp3) is 0.600. The quantitative estimate of drug-likeness (QED) is 0.799. The number of fused-ring (bicyclic) bond motifs is 1. The Morgan fingerprint density at radius 2 is 1.59 bits per heavy atom. The van der Waals surface area contributed by atoms with Crippen LogP contribution in [0.5, 0.6) is 0 Å². The number of hydrogen-bond donors (Lipinski definition) is 1. The molecule has 0 spiro atoms. The van der Waals surface area contributed by atoms with Gasteiger partial charge in [-0.15, -0.1) is 0 Å². The van der Waals surface area contributed by atoms with Crippen molar-refractivity contribution in [2.75, 3.05) is 13.1 Å². The molecule has 3 rings (SSSR count). The second kappa shape index (κ2) is 4.79. The summed E-state index contributed by atoms with van der Waals surface area (Å²) in [5.74, 6) is 0. The number of nitrogens with zero attached hydrogens (tertiary/aromatic N) is 1. The molecule has 0 amide bonds. The van der Waals surface area contributed by atoms with E-state index in [4.69, 9.17) is 0 Å². The van der Waals surface area contributed by atoms with Crippen LogP contribution in [0.15, 0.2) is 24.3 Å². The highest BCUT2D eigenvalue weighted by Crippen LogP contribution is 2.26. The predicted molar refractivity (Wildman–Crippen MR) is 69.1 cm³/mol. The molecule has 0 bridgehead atoms. The highest BCUT2D eigenvalue weighted by atomic mass is 16.3. The monoisotopic (exact) mass is 231 g/mol. The zero-order valence-corrected chi connectivity index (χ0v) is 10.3. The van der Waals surface area contributed by atoms with Gasteiger partial charge in [-0.05, 0) is 43.5 Å². The second-order valence-corrected chi connectivity index (χ2v) is 5.41. The van der Waals surface area contributed by atoms with Gasteiger partial charge in [0.25, 0.3) is 0 Å². The van der Waals surface area contributed by atoms with E-state index in [0.29, 0.717) is 6.04 Å². The van der Waals surface area contributed by atoms with E-state index in [9.17, 15) is 5.11 Å². The van der Waals surface area contributed by atoms with Crippen LogP contribution in [0.25, 0.3) is 0 Å². The first-order valence-corrected chi connectivity index (χ1v) is 6.83. The fourth-order valence-corrected chi connectivity index (χ4v) is 3.30. The molecule has 2 aliphatic rings. The summed E-state index contributed by atoms with van der Waals surface area (Å²) in [6, 6.07) is 8.92. The van der Waals surface area contributed by atoms with Gasteiger partial charge in [0.15, 0.2) is 0 Å². The van der Waals surface area contributed by atoms with Crippen LogP contribution in [0.1, 0.15) is 30.4 Å². The zero-order valence-electron chi connectivity index (χ0n) is 10.3. The summed E-state index contributed by atoms with van der Waals surface area (Å²) in [6.07, 6.45) is 5.63. The summed E-state index contributed by atoms with van der Waals surface area (Å²) < 4.78 is 0. The van der Waals surface area contributed by atoms with Crippen LogP contribution in [-0.2, 0) is 12.8 Å². The van der Waals surface area contributed by atoms with Crippen LogP contribution in [0.4, 0.5) is 0 Å². The maximum absolute atomic E-state index is 10.3. The molecule has 0 radical (unpaired) electrons. The molecule has 1 saturated heterocycles. The Balaban J connectivity index is 1.79. The van der Waals surface area contributed by atoms with Gasteiger partial charge in [-0.25, -0.2) is 0 Å². The number of rotatable bonds is 1. The third-order valence-corrected chi connectivity index (χ3v) is 4.28. The minimum absolute atomic E-state index is 0.178. The Morgan fingerprint density at radius 3 is 2.29 bits per heavy atom. The van der Waals surface area contributed by atoms with Crippen molar-refractivity contribution in [1.29, 1.82) is 0 Å². The largest absolute Gasteiger partial charge is 0.391 e. The smallest absolute Gasteiger partial charge is 0.0738 e. The van der Waals surface area contributed by atoms with Crippen molar-refractivity contribution < 1.29 is 5.11 Å². The van der Waals surface area contributed by atoms with Crippen LogP contribution in [0.3, 0.4) is 0 Å². The number of hydrogen-bond acceptors (Lipinski definition) is 2. The van der Waals surface area contributed by atoms with Crippen molar-refractivity contribution >= 4 is 0 Å². The van der Waals surface area contributed by atoms with E-state index in [1.165, 1.54) is 43.5 Å². The second-order valence-electron chi connectivity index (χ2n) is 5.41. The number of aliphatic hydroxyl groups excluding tert-OH is 1. The average molecular weight is 231 g/mol. The summed E-state index contributed by atoms with van der Waals surface area (Å²) in [5.41, 5.74) is 2.78. The molecule has 0 saturated carbocycles. The van der Waals surface area contributed by atoms with Gasteiger partial charge >= 0.3 is 0 Å². The lowest BCUT2D eigenvalue weighted by molar-refractivity contribution is 0.0326. The standard InChI is InChI=1S/C15H21NO/c17-15-11-13-7-3-2-6-12(13)10-14(15)16-8-4-1-5-9-16/h2-3,6-7,14-15,17H,1,4-5,8-11H2/t14-,15-/m0/s1. The van der Waals surface area contributed by atoms with Gasteiger partial charge in [-0.1, -0.05) is 30.7 Å². The van der Waals surface area contributed by atoms with E-state index in [1.54, 1.807) is 0 Å². The summed E-state index contributed by atoms with van der Waals surface area (Å²) in [4.78, 5) is 2.50. The van der Waals surface area contributed by atoms with Crippen molar-refractivity contribution in [3.63, 3.8) is 0 Å². The summed E-state index contributed by atoms with van der Waals surface area (Å²) >= 11 is 0. The fourth-order valence-electron chi connectivity index (χ4n) is 3.30. The van der Waals surface area contributed by atoms with Crippen LogP contribution < -0.4 is 0 Å². The molecular weight excluding hydrogens is 210 g/mol. The Hall–Kier alpha value is -0.860. The minimum atomic E-state index is -0.178. The minimum Gasteiger partial charge on any atom is -0.391 e. The molecular formula is C15H21NO. The van der Waals surface area contributed by atoms with E-state index in [0.717, 1.165) is 12.8 Å². The van der Waals surface area contributed by atoms with Gasteiger partial charge < -0.3 is 5.11 Å². The molecule has 1 aliphatic carbocycles. The summed E-state index contributed by atoms with van der Waals surface area (Å²) in [7, 11) is 0. The molecule has 1 aliphatic heterocycles. The Kier molecular flexibility index (Phi) is 3.17. The number of likely N-dealkylation sites (tertiary alicyclic amines) is 1. The van der Waals surface area contributed by atoms with Crippen molar-refractivity contribution in [1.82, 2.24) is 4.90 Å². The van der Waals surface area contributed by atoms with E-state index in [1.807, 2.05) is 0 Å². The maximum atomic E-state index is 10.3. The number of piperidine rings is 1. The van der Waals surface area contributed by atoms with Gasteiger partial charge in [0.05, 0.1) is 6.10 Å². The Bertz CT molecular complexity index is 384. The van der Waals surface area contributed by atoms with Gasteiger partial charge in [0, 0.05) is 12.5 Å². The lowest BCUT2D eigenvalue weighted by Gasteiger charge is -2.40. The molecule has 1 aromatic carbocycles. The lowest BCUT2D eigenvalue weighted by atomic mass is 9.85. The normalized spacial score (nSPS) is 29.9. The molecule has 1 aromatic rings. The molecule has 17 heavy (non-hydrogen) atoms. The van der Waals surface area contributed by atoms with Gasteiger partial charge in [-0.3, -0.25) is 4.90 Å². The molecule has 1 N–H and O–H groups in total. The average Bonchev–Trinajstić information content (AvgIpc) is 2.39. The van der Waals surface area contributed by atoms with Crippen molar-refractivity contribution in [3.05, 3.63) is 35.4 Å². The van der Waals surface area contributed by atoms with Crippen molar-refractivity contribution in [2.24, 2.45) is 0 Å². The zero-order chi connectivity index (χ0) is 11.7. The van der Waals surface area contributed by atoms with E-state index >= 15 is 0 Å². The first-order valence-electron chi connectivity index (χ1n) is 6.83. The van der Waals surface area contributed by atoms with Crippen LogP contribution >= 0.6 is 0 Å². The topological polar surface area (TPSA) is 23.5 Å². The molecule has 2 atom stereocenters. The third-order valence-electron chi connectivity index (χ3n) is 4.28. The van der Waals surface area contributed by atoms with Crippen molar-refractivity contribution in [2.45, 2.75) is 44.2 Å². The van der Waals surface area contributed by atoms with E-state index in [-0.39, 0.29) is 6.10 Å². The van der Waals surface area contributed by atoms with Gasteiger partial charge in [0.1, 0.15) is 0 Å². The highest BCUT2D eigenvalue weighted by molar-refractivity contribution is 5.31. The third kappa shape index (κ3) is 2.24.